The molecule has 0 aliphatic carbocycles. The molecule has 3 amide bonds. The summed E-state index contributed by atoms with van der Waals surface area (Å²) < 4.78 is 4.98. The van der Waals surface area contributed by atoms with Crippen molar-refractivity contribution in [3.63, 3.8) is 0 Å². The van der Waals surface area contributed by atoms with Gasteiger partial charge < -0.3 is 14.6 Å². The average Bonchev–Trinajstić information content (AvgIpc) is 3.40. The second-order valence-electron chi connectivity index (χ2n) is 8.50. The topological polar surface area (TPSA) is 99.8 Å². The van der Waals surface area contributed by atoms with Gasteiger partial charge in [-0.3, -0.25) is 14.4 Å². The Bertz CT molecular complexity index is 1250. The fraction of sp³-hybridized carbons (Fsp3) is 0.333. The predicted molar refractivity (Wildman–Crippen MR) is 132 cm³/mol. The average molecular weight is 476 g/mol. The van der Waals surface area contributed by atoms with Crippen LogP contribution in [0, 0.1) is 0 Å². The highest BCUT2D eigenvalue weighted by Gasteiger charge is 2.44. The second-order valence-corrected chi connectivity index (χ2v) is 8.50. The Balaban J connectivity index is 1.54. The lowest BCUT2D eigenvalue weighted by Gasteiger charge is -2.27. The van der Waals surface area contributed by atoms with E-state index < -0.39 is 17.9 Å². The number of aromatic amines is 1. The molecule has 0 bridgehead atoms. The van der Waals surface area contributed by atoms with Crippen LogP contribution in [0.3, 0.4) is 0 Å². The largest absolute Gasteiger partial charge is 0.462 e. The molecule has 0 spiro atoms. The molecule has 0 saturated carbocycles. The number of fused-ring (bicyclic) bond motifs is 1. The molecule has 8 nitrogen and oxygen atoms in total. The van der Waals surface area contributed by atoms with Gasteiger partial charge in [-0.25, -0.2) is 9.69 Å². The minimum Gasteiger partial charge on any atom is -0.462 e. The van der Waals surface area contributed by atoms with Gasteiger partial charge in [-0.05, 0) is 55.7 Å². The number of anilines is 1. The number of carbonyl (C=O) groups is 4. The van der Waals surface area contributed by atoms with Gasteiger partial charge in [0.05, 0.1) is 24.3 Å². The molecule has 35 heavy (non-hydrogen) atoms. The van der Waals surface area contributed by atoms with Gasteiger partial charge in [0, 0.05) is 30.1 Å². The predicted octanol–water partition coefficient (Wildman–Crippen LogP) is 3.85. The van der Waals surface area contributed by atoms with Gasteiger partial charge in [0.2, 0.25) is 11.8 Å². The number of nitrogens with one attached hydrogen (secondary N) is 1. The van der Waals surface area contributed by atoms with Gasteiger partial charge in [0.1, 0.15) is 6.04 Å². The Kier molecular flexibility index (Phi) is 7.29. The smallest absolute Gasteiger partial charge is 0.338 e. The summed E-state index contributed by atoms with van der Waals surface area (Å²) in [5.41, 5.74) is 2.77. The van der Waals surface area contributed by atoms with Gasteiger partial charge in [0.25, 0.3) is 5.91 Å². The van der Waals surface area contributed by atoms with Gasteiger partial charge in [0.15, 0.2) is 0 Å². The molecule has 2 heterocycles. The van der Waals surface area contributed by atoms with E-state index >= 15 is 0 Å². The number of imide groups is 1. The summed E-state index contributed by atoms with van der Waals surface area (Å²) in [6.07, 6.45) is 3.37. The van der Waals surface area contributed by atoms with E-state index in [0.29, 0.717) is 37.1 Å². The van der Waals surface area contributed by atoms with Crippen LogP contribution in [-0.4, -0.2) is 52.8 Å². The number of aromatic nitrogens is 1. The van der Waals surface area contributed by atoms with E-state index in [0.717, 1.165) is 21.4 Å². The van der Waals surface area contributed by atoms with Crippen molar-refractivity contribution in [3.05, 3.63) is 65.9 Å². The Labute approximate surface area is 203 Å². The van der Waals surface area contributed by atoms with Crippen LogP contribution < -0.4 is 4.90 Å². The molecule has 4 rings (SSSR count). The van der Waals surface area contributed by atoms with Crippen LogP contribution >= 0.6 is 0 Å². The van der Waals surface area contributed by atoms with Gasteiger partial charge >= 0.3 is 5.97 Å². The monoisotopic (exact) mass is 475 g/mol. The Morgan fingerprint density at radius 1 is 1.09 bits per heavy atom. The molecular weight excluding hydrogens is 446 g/mol. The normalized spacial score (nSPS) is 15.6. The number of carbonyl (C=O) groups excluding carboxylic acids is 4. The maximum absolute atomic E-state index is 13.4. The molecule has 8 heteroatoms. The number of para-hydroxylation sites is 1. The summed E-state index contributed by atoms with van der Waals surface area (Å²) in [6, 6.07) is 13.2. The molecule has 1 N–H and O–H groups in total. The summed E-state index contributed by atoms with van der Waals surface area (Å²) in [6.45, 7) is 4.22. The Hall–Kier alpha value is -3.94. The summed E-state index contributed by atoms with van der Waals surface area (Å²) in [5.74, 6) is -1.41. The number of esters is 1. The fourth-order valence-corrected chi connectivity index (χ4v) is 4.48. The van der Waals surface area contributed by atoms with Crippen molar-refractivity contribution in [2.75, 3.05) is 18.1 Å². The van der Waals surface area contributed by atoms with Crippen LogP contribution in [0.2, 0.25) is 0 Å². The van der Waals surface area contributed by atoms with Crippen LogP contribution in [-0.2, 0) is 25.5 Å². The van der Waals surface area contributed by atoms with E-state index in [4.69, 9.17) is 4.74 Å². The number of nitrogens with zero attached hydrogens (tertiary/aromatic N) is 2. The molecule has 0 radical (unpaired) electrons. The van der Waals surface area contributed by atoms with Crippen LogP contribution in [0.15, 0.2) is 54.7 Å². The number of hydrogen-bond donors (Lipinski definition) is 1. The third-order valence-corrected chi connectivity index (χ3v) is 6.22. The highest BCUT2D eigenvalue weighted by Crippen LogP contribution is 2.27. The molecule has 1 unspecified atom stereocenters. The lowest BCUT2D eigenvalue weighted by molar-refractivity contribution is -0.138. The van der Waals surface area contributed by atoms with Crippen LogP contribution in [0.1, 0.15) is 49.0 Å². The minimum atomic E-state index is -0.850. The lowest BCUT2D eigenvalue weighted by atomic mass is 10.1. The molecule has 1 aliphatic heterocycles. The first-order chi connectivity index (χ1) is 16.9. The number of benzene rings is 2. The fourth-order valence-electron chi connectivity index (χ4n) is 4.48. The third kappa shape index (κ3) is 4.96. The van der Waals surface area contributed by atoms with Crippen LogP contribution in [0.5, 0.6) is 0 Å². The van der Waals surface area contributed by atoms with Crippen molar-refractivity contribution < 1.29 is 23.9 Å². The number of H-pyrrole nitrogens is 1. The standard InChI is InChI=1S/C27H29N3O5/c1-3-7-24(31)29(15-14-19-17-28-22-9-6-5-8-21(19)22)23-16-25(32)30(26(23)33)20-12-10-18(11-13-20)27(34)35-4-2/h5-6,8-13,17,23,28H,3-4,7,14-16H2,1-2H3. The maximum atomic E-state index is 13.4. The van der Waals surface area contributed by atoms with E-state index in [-0.39, 0.29) is 24.8 Å². The Morgan fingerprint density at radius 2 is 1.83 bits per heavy atom. The molecule has 1 aliphatic rings. The van der Waals surface area contributed by atoms with Crippen LogP contribution in [0.4, 0.5) is 5.69 Å². The summed E-state index contributed by atoms with van der Waals surface area (Å²) in [4.78, 5) is 57.1. The summed E-state index contributed by atoms with van der Waals surface area (Å²) >= 11 is 0. The van der Waals surface area contributed by atoms with Crippen molar-refractivity contribution in [2.45, 2.75) is 45.6 Å². The van der Waals surface area contributed by atoms with Gasteiger partial charge in [-0.1, -0.05) is 25.1 Å². The lowest BCUT2D eigenvalue weighted by Crippen LogP contribution is -2.46. The molecule has 1 saturated heterocycles. The number of rotatable bonds is 9. The second kappa shape index (κ2) is 10.5. The molecule has 1 aromatic heterocycles. The van der Waals surface area contributed by atoms with E-state index in [9.17, 15) is 19.2 Å². The Morgan fingerprint density at radius 3 is 2.54 bits per heavy atom. The van der Waals surface area contributed by atoms with Crippen molar-refractivity contribution in [2.24, 2.45) is 0 Å². The zero-order chi connectivity index (χ0) is 24.9. The van der Waals surface area contributed by atoms with Crippen molar-refractivity contribution in [1.82, 2.24) is 9.88 Å². The highest BCUT2D eigenvalue weighted by atomic mass is 16.5. The van der Waals surface area contributed by atoms with Crippen molar-refractivity contribution in [1.29, 1.82) is 0 Å². The van der Waals surface area contributed by atoms with E-state index in [1.165, 1.54) is 12.1 Å². The third-order valence-electron chi connectivity index (χ3n) is 6.22. The first kappa shape index (κ1) is 24.2. The minimum absolute atomic E-state index is 0.0677. The van der Waals surface area contributed by atoms with E-state index in [1.807, 2.05) is 37.4 Å². The summed E-state index contributed by atoms with van der Waals surface area (Å²) in [5, 5.41) is 1.08. The van der Waals surface area contributed by atoms with E-state index in [2.05, 4.69) is 4.98 Å². The zero-order valence-corrected chi connectivity index (χ0v) is 20.0. The summed E-state index contributed by atoms with van der Waals surface area (Å²) in [7, 11) is 0. The first-order valence-electron chi connectivity index (χ1n) is 11.9. The molecule has 1 atom stereocenters. The van der Waals surface area contributed by atoms with E-state index in [1.54, 1.807) is 24.0 Å². The number of hydrogen-bond acceptors (Lipinski definition) is 5. The van der Waals surface area contributed by atoms with Crippen molar-refractivity contribution in [3.8, 4) is 0 Å². The first-order valence-corrected chi connectivity index (χ1v) is 11.9. The maximum Gasteiger partial charge on any atom is 0.338 e. The SMILES string of the molecule is CCCC(=O)N(CCc1c[nH]c2ccccc12)C1CC(=O)N(c2ccc(C(=O)OCC)cc2)C1=O. The zero-order valence-electron chi connectivity index (χ0n) is 20.0. The van der Waals surface area contributed by atoms with Gasteiger partial charge in [-0.2, -0.15) is 0 Å². The molecule has 2 aromatic carbocycles. The molecule has 3 aromatic rings. The number of amides is 3. The van der Waals surface area contributed by atoms with Crippen LogP contribution in [0.25, 0.3) is 10.9 Å². The molecule has 1 fully saturated rings. The molecular formula is C27H29N3O5. The highest BCUT2D eigenvalue weighted by molar-refractivity contribution is 6.23. The molecule has 182 valence electrons. The quantitative estimate of drug-likeness (QED) is 0.374. The van der Waals surface area contributed by atoms with Gasteiger partial charge in [-0.15, -0.1) is 0 Å². The van der Waals surface area contributed by atoms with Crippen molar-refractivity contribution >= 4 is 40.3 Å². The number of ether oxygens (including phenoxy) is 1.